The van der Waals surface area contributed by atoms with Crippen LogP contribution in [0.3, 0.4) is 0 Å². The summed E-state index contributed by atoms with van der Waals surface area (Å²) in [4.78, 5) is 0. The van der Waals surface area contributed by atoms with E-state index in [-0.39, 0.29) is 0 Å². The average Bonchev–Trinajstić information content (AvgIpc) is 3.06. The minimum Gasteiger partial charge on any atom is -0.458 e. The molecule has 0 aliphatic heterocycles. The average molecular weight is 562 g/mol. The summed E-state index contributed by atoms with van der Waals surface area (Å²) >= 11 is 0. The van der Waals surface area contributed by atoms with Crippen LogP contribution >= 0.6 is 0 Å². The normalized spacial score (nSPS) is 10.9. The summed E-state index contributed by atoms with van der Waals surface area (Å²) in [5.41, 5.74) is 3.93. The van der Waals surface area contributed by atoms with Crippen LogP contribution in [0, 0.1) is 0 Å². The van der Waals surface area contributed by atoms with Gasteiger partial charge in [-0.05, 0) is 46.0 Å². The predicted octanol–water partition coefficient (Wildman–Crippen LogP) is 6.53. The molecular weight excluding hydrogens is 530 g/mol. The highest BCUT2D eigenvalue weighted by atomic mass is 16.5. The molecule has 6 aromatic carbocycles. The maximum Gasteiger partial charge on any atom is 0.333 e. The first kappa shape index (κ1) is 28.4. The number of rotatable bonds is 14. The Balaban J connectivity index is 0.990. The number of fused-ring (bicyclic) bond motifs is 2. The van der Waals surface area contributed by atoms with Gasteiger partial charge in [0, 0.05) is 48.5 Å². The summed E-state index contributed by atoms with van der Waals surface area (Å²) in [6.07, 6.45) is 0. The van der Waals surface area contributed by atoms with Gasteiger partial charge in [-0.1, -0.05) is 109 Å². The van der Waals surface area contributed by atoms with Crippen LogP contribution in [0.5, 0.6) is 11.5 Å². The van der Waals surface area contributed by atoms with Crippen molar-refractivity contribution in [3.05, 3.63) is 133 Å². The van der Waals surface area contributed by atoms with E-state index in [1.807, 2.05) is 48.5 Å². The van der Waals surface area contributed by atoms with Gasteiger partial charge in [-0.2, -0.15) is 0 Å². The van der Waals surface area contributed by atoms with Crippen LogP contribution in [0.2, 0.25) is 0 Å². The van der Waals surface area contributed by atoms with Gasteiger partial charge in [0.05, 0.1) is 0 Å². The number of hydrogen-bond acceptors (Lipinski definition) is 5. The van der Waals surface area contributed by atoms with E-state index in [0.717, 1.165) is 22.3 Å². The zero-order valence-corrected chi connectivity index (χ0v) is 23.9. The van der Waals surface area contributed by atoms with Crippen molar-refractivity contribution in [2.75, 3.05) is 36.9 Å². The molecule has 0 unspecified atom stereocenters. The maximum absolute atomic E-state index is 6.34. The molecule has 2 N–H and O–H groups in total. The van der Waals surface area contributed by atoms with Crippen LogP contribution in [0.25, 0.3) is 21.5 Å². The number of ether oxygens (including phenoxy) is 1. The first-order chi connectivity index (χ1) is 21.3. The third-order valence-electron chi connectivity index (χ3n) is 7.13. The Morgan fingerprint density at radius 3 is 1.37 bits per heavy atom. The number of nitrogens with one attached hydrogen (secondary N) is 2. The second kappa shape index (κ2) is 14.5. The Morgan fingerprint density at radius 2 is 0.860 bits per heavy atom. The molecule has 0 bridgehead atoms. The minimum atomic E-state index is 0.516. The van der Waals surface area contributed by atoms with Gasteiger partial charge < -0.3 is 24.7 Å². The first-order valence-corrected chi connectivity index (χ1v) is 14.5. The van der Waals surface area contributed by atoms with Crippen LogP contribution in [0.1, 0.15) is 0 Å². The van der Waals surface area contributed by atoms with Crippen LogP contribution in [-0.4, -0.2) is 41.3 Å². The fourth-order valence-electron chi connectivity index (χ4n) is 5.01. The van der Waals surface area contributed by atoms with Crippen LogP contribution in [0.4, 0.5) is 11.4 Å². The highest BCUT2D eigenvalue weighted by molar-refractivity contribution is 6.49. The highest BCUT2D eigenvalue weighted by Crippen LogP contribution is 2.24. The zero-order valence-electron chi connectivity index (χ0n) is 23.9. The van der Waals surface area contributed by atoms with Crippen molar-refractivity contribution in [2.24, 2.45) is 0 Å². The fourth-order valence-corrected chi connectivity index (χ4v) is 5.01. The molecule has 0 saturated carbocycles. The van der Waals surface area contributed by atoms with Crippen molar-refractivity contribution in [3.63, 3.8) is 0 Å². The molecule has 0 heterocycles. The summed E-state index contributed by atoms with van der Waals surface area (Å²) in [5, 5.41) is 11.8. The molecule has 0 fully saturated rings. The Morgan fingerprint density at radius 1 is 0.442 bits per heavy atom. The Labute approximate surface area is 254 Å². The molecule has 0 amide bonds. The maximum atomic E-state index is 6.34. The molecule has 5 nitrogen and oxygen atoms in total. The molecule has 7 heteroatoms. The lowest BCUT2D eigenvalue weighted by Crippen LogP contribution is -2.25. The lowest BCUT2D eigenvalue weighted by molar-refractivity contribution is 0.357. The lowest BCUT2D eigenvalue weighted by Gasteiger charge is -2.14. The Bertz CT molecular complexity index is 1650. The van der Waals surface area contributed by atoms with E-state index in [2.05, 4.69) is 95.6 Å². The molecule has 0 aromatic heterocycles. The van der Waals surface area contributed by atoms with Crippen molar-refractivity contribution in [3.8, 4) is 11.5 Å². The number of hydrogen-bond donors (Lipinski definition) is 2. The van der Waals surface area contributed by atoms with Crippen molar-refractivity contribution in [2.45, 2.75) is 0 Å². The highest BCUT2D eigenvalue weighted by Gasteiger charge is 2.11. The molecule has 43 heavy (non-hydrogen) atoms. The van der Waals surface area contributed by atoms with E-state index in [4.69, 9.17) is 14.0 Å². The molecule has 2 radical (unpaired) electrons. The smallest absolute Gasteiger partial charge is 0.333 e. The van der Waals surface area contributed by atoms with Gasteiger partial charge in [0.2, 0.25) is 0 Å². The topological polar surface area (TPSA) is 51.8 Å². The summed E-state index contributed by atoms with van der Waals surface area (Å²) in [6.45, 7) is 2.39. The molecule has 210 valence electrons. The summed E-state index contributed by atoms with van der Waals surface area (Å²) in [5.74, 6) is 1.42. The second-order valence-corrected chi connectivity index (χ2v) is 10.1. The Hall–Kier alpha value is -4.71. The molecule has 0 aliphatic rings. The van der Waals surface area contributed by atoms with Crippen molar-refractivity contribution >= 4 is 58.8 Å². The van der Waals surface area contributed by atoms with Gasteiger partial charge >= 0.3 is 15.0 Å². The van der Waals surface area contributed by atoms with Crippen LogP contribution in [-0.2, 0) is 9.31 Å². The third kappa shape index (κ3) is 7.39. The van der Waals surface area contributed by atoms with E-state index in [0.29, 0.717) is 37.8 Å². The predicted molar refractivity (Wildman–Crippen MR) is 181 cm³/mol. The lowest BCUT2D eigenvalue weighted by atomic mass is 9.86. The minimum absolute atomic E-state index is 0.516. The van der Waals surface area contributed by atoms with Crippen LogP contribution in [0.15, 0.2) is 133 Å². The van der Waals surface area contributed by atoms with Gasteiger partial charge in [-0.3, -0.25) is 0 Å². The zero-order chi connectivity index (χ0) is 29.1. The number of anilines is 2. The molecule has 0 aliphatic carbocycles. The molecule has 0 atom stereocenters. The molecule has 0 spiro atoms. The quantitative estimate of drug-likeness (QED) is 0.117. The first-order valence-electron chi connectivity index (χ1n) is 14.5. The fraction of sp³-hybridized carbons (Fsp3) is 0.111. The summed E-state index contributed by atoms with van der Waals surface area (Å²) in [6, 6.07) is 45.0. The summed E-state index contributed by atoms with van der Waals surface area (Å²) in [7, 11) is 3.50. The second-order valence-electron chi connectivity index (χ2n) is 10.1. The molecule has 6 aromatic rings. The van der Waals surface area contributed by atoms with E-state index in [1.165, 1.54) is 21.5 Å². The van der Waals surface area contributed by atoms with Gasteiger partial charge in [0.25, 0.3) is 0 Å². The van der Waals surface area contributed by atoms with Gasteiger partial charge in [-0.15, -0.1) is 0 Å². The monoisotopic (exact) mass is 562 g/mol. The summed E-state index contributed by atoms with van der Waals surface area (Å²) < 4.78 is 18.2. The van der Waals surface area contributed by atoms with Gasteiger partial charge in [0.1, 0.15) is 11.5 Å². The third-order valence-corrected chi connectivity index (χ3v) is 7.13. The van der Waals surface area contributed by atoms with Gasteiger partial charge in [0.15, 0.2) is 0 Å². The molecular formula is C36H32B2N2O3. The van der Waals surface area contributed by atoms with E-state index in [1.54, 1.807) is 15.0 Å². The van der Waals surface area contributed by atoms with E-state index in [9.17, 15) is 0 Å². The van der Waals surface area contributed by atoms with Crippen molar-refractivity contribution in [1.82, 2.24) is 0 Å². The largest absolute Gasteiger partial charge is 0.458 e. The van der Waals surface area contributed by atoms with Gasteiger partial charge in [-0.25, -0.2) is 0 Å². The van der Waals surface area contributed by atoms with Crippen LogP contribution < -0.4 is 26.3 Å². The number of benzene rings is 6. The van der Waals surface area contributed by atoms with E-state index >= 15 is 0 Å². The molecule has 0 saturated heterocycles. The van der Waals surface area contributed by atoms with E-state index < -0.39 is 0 Å². The standard InChI is InChI=1S/C36H32B2N2O3/c1-3-15-29-27(11-1)13-9-19-33(29)39-23-25-41-37-31-17-5-7-21-35(31)43-36-22-8-6-18-32(36)38-42-26-24-40-34-20-10-14-28-12-2-4-16-30(28)34/h1-22,39-40H,23-26H2. The molecule has 6 rings (SSSR count). The Kier molecular flexibility index (Phi) is 9.55. The van der Waals surface area contributed by atoms with Crippen molar-refractivity contribution < 1.29 is 14.0 Å². The number of para-hydroxylation sites is 2. The SMILES string of the molecule is [B](OCCNc1cccc2ccccc12)c1ccccc1Oc1ccccc1[B]OCCNc1cccc2ccccc12. The van der Waals surface area contributed by atoms with Crippen molar-refractivity contribution in [1.29, 1.82) is 0 Å².